The second-order valence-electron chi connectivity index (χ2n) is 4.01. The maximum absolute atomic E-state index is 11.9. The summed E-state index contributed by atoms with van der Waals surface area (Å²) in [5.41, 5.74) is 1.27. The van der Waals surface area contributed by atoms with Crippen molar-refractivity contribution in [3.8, 4) is 0 Å². The topological polar surface area (TPSA) is 46.2 Å². The molecule has 0 saturated heterocycles. The quantitative estimate of drug-likeness (QED) is 0.858. The third-order valence-corrected chi connectivity index (χ3v) is 4.21. The third-order valence-electron chi connectivity index (χ3n) is 2.41. The van der Waals surface area contributed by atoms with E-state index in [0.717, 1.165) is 15.4 Å². The van der Waals surface area contributed by atoms with E-state index in [0.29, 0.717) is 10.7 Å². The molecule has 0 fully saturated rings. The van der Waals surface area contributed by atoms with Gasteiger partial charge in [-0.15, -0.1) is 0 Å². The van der Waals surface area contributed by atoms with Crippen LogP contribution in [0.5, 0.6) is 0 Å². The summed E-state index contributed by atoms with van der Waals surface area (Å²) in [4.78, 5) is 0. The third kappa shape index (κ3) is 4.67. The van der Waals surface area contributed by atoms with Gasteiger partial charge in [0.1, 0.15) is 0 Å². The van der Waals surface area contributed by atoms with Crippen LogP contribution in [0.2, 0.25) is 5.02 Å². The minimum atomic E-state index is -3.54. The Bertz CT molecular complexity index is 710. The van der Waals surface area contributed by atoms with Gasteiger partial charge in [-0.1, -0.05) is 39.7 Å². The number of halogens is 2. The smallest absolute Gasteiger partial charge is 0.255 e. The van der Waals surface area contributed by atoms with Crippen LogP contribution in [0.15, 0.2) is 58.4 Å². The molecule has 0 spiro atoms. The lowest BCUT2D eigenvalue weighted by Gasteiger charge is -2.04. The molecule has 0 aliphatic carbocycles. The van der Waals surface area contributed by atoms with E-state index in [4.69, 9.17) is 11.6 Å². The predicted octanol–water partition coefficient (Wildman–Crippen LogP) is 4.52. The highest BCUT2D eigenvalue weighted by atomic mass is 79.9. The fraction of sp³-hybridized carbons (Fsp3) is 0. The first-order valence-electron chi connectivity index (χ1n) is 5.67. The van der Waals surface area contributed by atoms with Crippen molar-refractivity contribution >= 4 is 49.3 Å². The molecular weight excluding hydrogens is 362 g/mol. The number of anilines is 1. The first-order chi connectivity index (χ1) is 9.44. The van der Waals surface area contributed by atoms with E-state index in [9.17, 15) is 8.42 Å². The summed E-state index contributed by atoms with van der Waals surface area (Å²) in [7, 11) is -3.54. The van der Waals surface area contributed by atoms with Gasteiger partial charge in [-0.05, 0) is 48.0 Å². The zero-order valence-electron chi connectivity index (χ0n) is 10.3. The summed E-state index contributed by atoms with van der Waals surface area (Å²) >= 11 is 9.06. The van der Waals surface area contributed by atoms with E-state index in [1.165, 1.54) is 6.08 Å². The van der Waals surface area contributed by atoms with E-state index < -0.39 is 10.0 Å². The van der Waals surface area contributed by atoms with Crippen LogP contribution >= 0.6 is 27.5 Å². The lowest BCUT2D eigenvalue weighted by Crippen LogP contribution is -2.08. The predicted molar refractivity (Wildman–Crippen MR) is 87.2 cm³/mol. The van der Waals surface area contributed by atoms with Crippen LogP contribution in [-0.4, -0.2) is 8.42 Å². The maximum atomic E-state index is 11.9. The lowest BCUT2D eigenvalue weighted by atomic mass is 10.2. The molecule has 0 bridgehead atoms. The molecule has 3 nitrogen and oxygen atoms in total. The summed E-state index contributed by atoms with van der Waals surface area (Å²) in [6.45, 7) is 0. The Balaban J connectivity index is 2.11. The number of sulfonamides is 1. The number of hydrogen-bond acceptors (Lipinski definition) is 2. The second kappa shape index (κ2) is 6.43. The molecule has 104 valence electrons. The molecule has 0 aromatic heterocycles. The van der Waals surface area contributed by atoms with Crippen LogP contribution in [0.25, 0.3) is 6.08 Å². The van der Waals surface area contributed by atoms with Crippen LogP contribution < -0.4 is 4.72 Å². The average molecular weight is 373 g/mol. The number of hydrogen-bond donors (Lipinski definition) is 1. The first kappa shape index (κ1) is 15.1. The molecule has 6 heteroatoms. The SMILES string of the molecule is O=S(=O)(C=Cc1ccc(Br)cc1)Nc1ccc(Cl)cc1. The van der Waals surface area contributed by atoms with Crippen molar-refractivity contribution in [1.82, 2.24) is 0 Å². The summed E-state index contributed by atoms with van der Waals surface area (Å²) in [6.07, 6.45) is 1.53. The number of rotatable bonds is 4. The van der Waals surface area contributed by atoms with Crippen LogP contribution in [0.3, 0.4) is 0 Å². The molecule has 1 N–H and O–H groups in total. The van der Waals surface area contributed by atoms with E-state index in [2.05, 4.69) is 20.7 Å². The molecule has 0 saturated carbocycles. The van der Waals surface area contributed by atoms with Gasteiger partial charge in [-0.3, -0.25) is 4.72 Å². The highest BCUT2D eigenvalue weighted by Crippen LogP contribution is 2.16. The Hall–Kier alpha value is -1.30. The van der Waals surface area contributed by atoms with Gasteiger partial charge in [-0.2, -0.15) is 0 Å². The molecule has 0 atom stereocenters. The Morgan fingerprint density at radius 1 is 1.00 bits per heavy atom. The summed E-state index contributed by atoms with van der Waals surface area (Å²) in [5.74, 6) is 0. The second-order valence-corrected chi connectivity index (χ2v) is 6.93. The molecule has 2 aromatic rings. The molecule has 0 heterocycles. The molecular formula is C14H11BrClNO2S. The molecule has 0 amide bonds. The van der Waals surface area contributed by atoms with Crippen molar-refractivity contribution in [2.45, 2.75) is 0 Å². The summed E-state index contributed by atoms with van der Waals surface area (Å²) in [5, 5.41) is 1.68. The van der Waals surface area contributed by atoms with E-state index in [-0.39, 0.29) is 0 Å². The van der Waals surface area contributed by atoms with Gasteiger partial charge in [0.15, 0.2) is 0 Å². The Morgan fingerprint density at radius 2 is 1.60 bits per heavy atom. The normalized spacial score (nSPS) is 11.7. The summed E-state index contributed by atoms with van der Waals surface area (Å²) in [6, 6.07) is 13.8. The molecule has 2 rings (SSSR count). The number of benzene rings is 2. The van der Waals surface area contributed by atoms with E-state index in [1.807, 2.05) is 24.3 Å². The van der Waals surface area contributed by atoms with Crippen molar-refractivity contribution in [1.29, 1.82) is 0 Å². The minimum Gasteiger partial charge on any atom is -0.280 e. The Kier molecular flexibility index (Phi) is 4.86. The zero-order chi connectivity index (χ0) is 14.6. The van der Waals surface area contributed by atoms with Crippen molar-refractivity contribution in [2.75, 3.05) is 4.72 Å². The summed E-state index contributed by atoms with van der Waals surface area (Å²) < 4.78 is 27.2. The van der Waals surface area contributed by atoms with E-state index in [1.54, 1.807) is 24.3 Å². The zero-order valence-corrected chi connectivity index (χ0v) is 13.4. The van der Waals surface area contributed by atoms with Crippen LogP contribution in [0.4, 0.5) is 5.69 Å². The molecule has 20 heavy (non-hydrogen) atoms. The fourth-order valence-corrected chi connectivity index (χ4v) is 2.72. The average Bonchev–Trinajstić information content (AvgIpc) is 2.41. The Morgan fingerprint density at radius 3 is 2.20 bits per heavy atom. The van der Waals surface area contributed by atoms with Gasteiger partial charge in [0, 0.05) is 15.2 Å². The van der Waals surface area contributed by atoms with Gasteiger partial charge in [0.05, 0.1) is 5.41 Å². The van der Waals surface area contributed by atoms with Gasteiger partial charge in [0.2, 0.25) is 0 Å². The molecule has 2 aromatic carbocycles. The molecule has 0 aliphatic rings. The van der Waals surface area contributed by atoms with Crippen molar-refractivity contribution in [3.05, 3.63) is 69.0 Å². The standard InChI is InChI=1S/C14H11BrClNO2S/c15-12-3-1-11(2-4-12)9-10-20(18,19)17-14-7-5-13(16)6-8-14/h1-10,17H. The molecule has 0 unspecified atom stereocenters. The largest absolute Gasteiger partial charge is 0.280 e. The number of nitrogens with one attached hydrogen (secondary N) is 1. The fourth-order valence-electron chi connectivity index (χ4n) is 1.46. The van der Waals surface area contributed by atoms with Gasteiger partial charge in [0.25, 0.3) is 10.0 Å². The van der Waals surface area contributed by atoms with Gasteiger partial charge >= 0.3 is 0 Å². The highest BCUT2D eigenvalue weighted by Gasteiger charge is 2.05. The minimum absolute atomic E-state index is 0.467. The monoisotopic (exact) mass is 371 g/mol. The van der Waals surface area contributed by atoms with Gasteiger partial charge < -0.3 is 0 Å². The molecule has 0 radical (unpaired) electrons. The lowest BCUT2D eigenvalue weighted by molar-refractivity contribution is 0.609. The highest BCUT2D eigenvalue weighted by molar-refractivity contribution is 9.10. The van der Waals surface area contributed by atoms with Crippen LogP contribution in [0, 0.1) is 0 Å². The first-order valence-corrected chi connectivity index (χ1v) is 8.38. The van der Waals surface area contributed by atoms with Crippen molar-refractivity contribution in [3.63, 3.8) is 0 Å². The van der Waals surface area contributed by atoms with Crippen LogP contribution in [-0.2, 0) is 10.0 Å². The Labute approximate surface area is 131 Å². The van der Waals surface area contributed by atoms with Gasteiger partial charge in [-0.25, -0.2) is 8.42 Å². The van der Waals surface area contributed by atoms with E-state index >= 15 is 0 Å². The molecule has 0 aliphatic heterocycles. The van der Waals surface area contributed by atoms with Crippen LogP contribution in [0.1, 0.15) is 5.56 Å². The van der Waals surface area contributed by atoms with Crippen molar-refractivity contribution in [2.24, 2.45) is 0 Å². The maximum Gasteiger partial charge on any atom is 0.255 e. The van der Waals surface area contributed by atoms with Crippen molar-refractivity contribution < 1.29 is 8.42 Å².